The molecule has 0 aliphatic rings. The lowest BCUT2D eigenvalue weighted by molar-refractivity contribution is -0.148. The Bertz CT molecular complexity index is 886. The van der Waals surface area contributed by atoms with Crippen molar-refractivity contribution in [2.75, 3.05) is 0 Å². The maximum absolute atomic E-state index is 12.4. The topological polar surface area (TPSA) is 141 Å². The van der Waals surface area contributed by atoms with Gasteiger partial charge in [-0.1, -0.05) is 23.2 Å². The van der Waals surface area contributed by atoms with Crippen molar-refractivity contribution in [3.63, 3.8) is 0 Å². The van der Waals surface area contributed by atoms with Crippen molar-refractivity contribution in [3.8, 4) is 0 Å². The van der Waals surface area contributed by atoms with E-state index in [4.69, 9.17) is 33.1 Å². The van der Waals surface area contributed by atoms with Gasteiger partial charge in [-0.2, -0.15) is 0 Å². The third-order valence-electron chi connectivity index (χ3n) is 2.87. The SMILES string of the molecule is Cc1c(Cl)c(C(=O)O)c(Cl)c(C(=O)C(=O)OC(C)(C)C)c1S(N)(=O)=O. The molecular formula is C14H15Cl2NO7S. The number of sulfonamides is 1. The first-order chi connectivity index (χ1) is 11.1. The number of primary sulfonamides is 1. The van der Waals surface area contributed by atoms with E-state index in [0.29, 0.717) is 0 Å². The molecule has 0 atom stereocenters. The molecule has 0 spiro atoms. The first kappa shape index (κ1) is 21.4. The highest BCUT2D eigenvalue weighted by Gasteiger charge is 2.36. The van der Waals surface area contributed by atoms with Crippen molar-refractivity contribution in [1.29, 1.82) is 0 Å². The number of nitrogens with two attached hydrogens (primary N) is 1. The number of carbonyl (C=O) groups is 3. The third-order valence-corrected chi connectivity index (χ3v) is 4.79. The van der Waals surface area contributed by atoms with Gasteiger partial charge < -0.3 is 9.84 Å². The molecule has 3 N–H and O–H groups in total. The minimum Gasteiger partial charge on any atom is -0.478 e. The van der Waals surface area contributed by atoms with Crippen molar-refractivity contribution in [3.05, 3.63) is 26.7 Å². The molecule has 0 saturated carbocycles. The molecule has 138 valence electrons. The smallest absolute Gasteiger partial charge is 0.380 e. The summed E-state index contributed by atoms with van der Waals surface area (Å²) in [5, 5.41) is 13.0. The summed E-state index contributed by atoms with van der Waals surface area (Å²) in [5.74, 6) is -4.49. The van der Waals surface area contributed by atoms with E-state index in [-0.39, 0.29) is 5.56 Å². The quantitative estimate of drug-likeness (QED) is 0.439. The molecule has 0 aliphatic heterocycles. The molecule has 0 fully saturated rings. The summed E-state index contributed by atoms with van der Waals surface area (Å²) in [6.07, 6.45) is 0. The molecule has 1 aromatic carbocycles. The van der Waals surface area contributed by atoms with Crippen molar-refractivity contribution >= 4 is 50.9 Å². The highest BCUT2D eigenvalue weighted by molar-refractivity contribution is 7.89. The van der Waals surface area contributed by atoms with Gasteiger partial charge >= 0.3 is 11.9 Å². The zero-order valence-corrected chi connectivity index (χ0v) is 16.0. The van der Waals surface area contributed by atoms with E-state index in [1.165, 1.54) is 20.8 Å². The van der Waals surface area contributed by atoms with E-state index in [2.05, 4.69) is 0 Å². The van der Waals surface area contributed by atoms with Crippen LogP contribution in [0.1, 0.15) is 47.1 Å². The molecule has 0 unspecified atom stereocenters. The maximum atomic E-state index is 12.4. The first-order valence-corrected chi connectivity index (χ1v) is 8.95. The van der Waals surface area contributed by atoms with Gasteiger partial charge in [-0.3, -0.25) is 4.79 Å². The lowest BCUT2D eigenvalue weighted by atomic mass is 10.0. The first-order valence-electron chi connectivity index (χ1n) is 6.65. The van der Waals surface area contributed by atoms with Crippen molar-refractivity contribution in [2.45, 2.75) is 38.2 Å². The summed E-state index contributed by atoms with van der Waals surface area (Å²) in [4.78, 5) is 35.0. The molecule has 0 aromatic heterocycles. The van der Waals surface area contributed by atoms with Crippen molar-refractivity contribution < 1.29 is 32.6 Å². The number of Topliss-reactive ketones (excluding diaryl/α,β-unsaturated/α-hetero) is 1. The summed E-state index contributed by atoms with van der Waals surface area (Å²) in [5.41, 5.74) is -2.99. The molecule has 25 heavy (non-hydrogen) atoms. The molecular weight excluding hydrogens is 397 g/mol. The number of rotatable bonds is 4. The highest BCUT2D eigenvalue weighted by Crippen LogP contribution is 2.37. The van der Waals surface area contributed by atoms with Crippen LogP contribution in [0.15, 0.2) is 4.90 Å². The molecule has 0 saturated heterocycles. The van der Waals surface area contributed by atoms with Gasteiger partial charge in [0.2, 0.25) is 10.0 Å². The second kappa shape index (κ2) is 6.91. The van der Waals surface area contributed by atoms with Gasteiger partial charge in [-0.05, 0) is 33.3 Å². The molecule has 0 heterocycles. The van der Waals surface area contributed by atoms with E-state index in [9.17, 15) is 27.9 Å². The van der Waals surface area contributed by atoms with Gasteiger partial charge in [0.15, 0.2) is 0 Å². The normalized spacial score (nSPS) is 12.0. The van der Waals surface area contributed by atoms with Crippen LogP contribution in [0.25, 0.3) is 0 Å². The number of hydrogen-bond donors (Lipinski definition) is 2. The summed E-state index contributed by atoms with van der Waals surface area (Å²) < 4.78 is 28.6. The van der Waals surface area contributed by atoms with Gasteiger partial charge in [0.25, 0.3) is 5.78 Å². The Morgan fingerprint density at radius 3 is 1.92 bits per heavy atom. The fourth-order valence-electron chi connectivity index (χ4n) is 1.97. The van der Waals surface area contributed by atoms with Crippen LogP contribution in [-0.4, -0.2) is 36.8 Å². The minimum atomic E-state index is -4.56. The van der Waals surface area contributed by atoms with Crippen LogP contribution in [0.3, 0.4) is 0 Å². The Morgan fingerprint density at radius 1 is 1.08 bits per heavy atom. The molecule has 0 amide bonds. The molecule has 0 radical (unpaired) electrons. The van der Waals surface area contributed by atoms with Crippen LogP contribution in [0.5, 0.6) is 0 Å². The van der Waals surface area contributed by atoms with Gasteiger partial charge in [0, 0.05) is 0 Å². The lowest BCUT2D eigenvalue weighted by Crippen LogP contribution is -2.31. The number of halogens is 2. The van der Waals surface area contributed by atoms with Gasteiger partial charge in [0.05, 0.1) is 26.1 Å². The summed E-state index contributed by atoms with van der Waals surface area (Å²) in [6, 6.07) is 0. The van der Waals surface area contributed by atoms with Crippen LogP contribution >= 0.6 is 23.2 Å². The van der Waals surface area contributed by atoms with E-state index >= 15 is 0 Å². The van der Waals surface area contributed by atoms with Gasteiger partial charge in [0.1, 0.15) is 5.60 Å². The molecule has 0 aliphatic carbocycles. The Kier molecular flexibility index (Phi) is 5.90. The Hall–Kier alpha value is -1.68. The average Bonchev–Trinajstić information content (AvgIpc) is 2.38. The number of ketones is 1. The largest absolute Gasteiger partial charge is 0.478 e. The Labute approximate surface area is 153 Å². The Morgan fingerprint density at radius 2 is 1.56 bits per heavy atom. The predicted octanol–water partition coefficient (Wildman–Crippen LogP) is 2.17. The number of benzene rings is 1. The van der Waals surface area contributed by atoms with Gasteiger partial charge in [-0.15, -0.1) is 0 Å². The van der Waals surface area contributed by atoms with E-state index < -0.39 is 59.4 Å². The molecule has 8 nitrogen and oxygen atoms in total. The monoisotopic (exact) mass is 411 g/mol. The highest BCUT2D eigenvalue weighted by atomic mass is 35.5. The average molecular weight is 412 g/mol. The van der Waals surface area contributed by atoms with Crippen LogP contribution < -0.4 is 5.14 Å². The van der Waals surface area contributed by atoms with E-state index in [1.807, 2.05) is 0 Å². The number of carbonyl (C=O) groups excluding carboxylic acids is 2. The number of esters is 1. The third kappa shape index (κ3) is 4.49. The lowest BCUT2D eigenvalue weighted by Gasteiger charge is -2.20. The second-order valence-electron chi connectivity index (χ2n) is 6.01. The molecule has 0 bridgehead atoms. The fraction of sp³-hybridized carbons (Fsp3) is 0.357. The van der Waals surface area contributed by atoms with Crippen molar-refractivity contribution in [1.82, 2.24) is 0 Å². The zero-order chi connectivity index (χ0) is 19.9. The van der Waals surface area contributed by atoms with E-state index in [1.54, 1.807) is 0 Å². The summed E-state index contributed by atoms with van der Waals surface area (Å²) >= 11 is 11.7. The van der Waals surface area contributed by atoms with Crippen LogP contribution in [-0.2, 0) is 19.6 Å². The number of ether oxygens (including phenoxy) is 1. The van der Waals surface area contributed by atoms with Crippen LogP contribution in [0.2, 0.25) is 10.0 Å². The van der Waals surface area contributed by atoms with Crippen LogP contribution in [0, 0.1) is 6.92 Å². The maximum Gasteiger partial charge on any atom is 0.380 e. The predicted molar refractivity (Wildman–Crippen MR) is 89.7 cm³/mol. The number of aromatic carboxylic acids is 1. The number of carboxylic acids is 1. The second-order valence-corrected chi connectivity index (χ2v) is 8.27. The molecule has 1 aromatic rings. The summed E-state index contributed by atoms with van der Waals surface area (Å²) in [7, 11) is -4.56. The zero-order valence-electron chi connectivity index (χ0n) is 13.6. The van der Waals surface area contributed by atoms with E-state index in [0.717, 1.165) is 6.92 Å². The standard InChI is InChI=1S/C14H15Cl2NO7S/c1-5-8(15)6(12(19)20)9(16)7(11(5)25(17,22)23)10(18)13(21)24-14(2,3)4/h1-4H3,(H,19,20)(H2,17,22,23). The van der Waals surface area contributed by atoms with Crippen molar-refractivity contribution in [2.24, 2.45) is 5.14 Å². The fourth-order valence-corrected chi connectivity index (χ4v) is 3.76. The molecule has 11 heteroatoms. The minimum absolute atomic E-state index is 0.321. The summed E-state index contributed by atoms with van der Waals surface area (Å²) in [6.45, 7) is 5.58. The molecule has 1 rings (SSSR count). The van der Waals surface area contributed by atoms with Gasteiger partial charge in [-0.25, -0.2) is 23.1 Å². The van der Waals surface area contributed by atoms with Crippen LogP contribution in [0.4, 0.5) is 0 Å². The number of hydrogen-bond acceptors (Lipinski definition) is 6. The number of carboxylic acid groups (broad SMARTS) is 1. The Balaban J connectivity index is 3.88.